The zero-order valence-electron chi connectivity index (χ0n) is 12.5. The van der Waals surface area contributed by atoms with Crippen LogP contribution in [0.1, 0.15) is 27.4 Å². The van der Waals surface area contributed by atoms with Crippen molar-refractivity contribution in [1.29, 1.82) is 0 Å². The summed E-state index contributed by atoms with van der Waals surface area (Å²) in [5, 5.41) is 6.29. The number of furan rings is 1. The molecular formula is C18H16N2O2. The van der Waals surface area contributed by atoms with Gasteiger partial charge in [-0.25, -0.2) is 5.43 Å². The molecule has 4 nitrogen and oxygen atoms in total. The highest BCUT2D eigenvalue weighted by molar-refractivity contribution is 6.00. The van der Waals surface area contributed by atoms with Gasteiger partial charge in [-0.3, -0.25) is 4.79 Å². The van der Waals surface area contributed by atoms with Gasteiger partial charge in [0.25, 0.3) is 5.91 Å². The SMILES string of the molecule is Cc1cc(C(=O)N/N=C/c2cccc3ccccc23)c(C)o1. The molecule has 4 heteroatoms. The normalized spacial score (nSPS) is 11.2. The van der Waals surface area contributed by atoms with Crippen molar-refractivity contribution in [3.8, 4) is 0 Å². The van der Waals surface area contributed by atoms with E-state index >= 15 is 0 Å². The van der Waals surface area contributed by atoms with Crippen molar-refractivity contribution in [1.82, 2.24) is 5.43 Å². The number of amides is 1. The van der Waals surface area contributed by atoms with E-state index in [1.54, 1.807) is 19.2 Å². The van der Waals surface area contributed by atoms with E-state index in [2.05, 4.69) is 10.5 Å². The maximum Gasteiger partial charge on any atom is 0.274 e. The summed E-state index contributed by atoms with van der Waals surface area (Å²) in [5.74, 6) is 1.03. The third-order valence-corrected chi connectivity index (χ3v) is 3.48. The van der Waals surface area contributed by atoms with Crippen LogP contribution in [0.25, 0.3) is 10.8 Å². The standard InChI is InChI=1S/C18H16N2O2/c1-12-10-17(13(2)22-12)18(21)20-19-11-15-8-5-7-14-6-3-4-9-16(14)15/h3-11H,1-2H3,(H,20,21)/b19-11+. The van der Waals surface area contributed by atoms with Crippen molar-refractivity contribution >= 4 is 22.9 Å². The van der Waals surface area contributed by atoms with E-state index in [-0.39, 0.29) is 5.91 Å². The van der Waals surface area contributed by atoms with Gasteiger partial charge >= 0.3 is 0 Å². The smallest absolute Gasteiger partial charge is 0.274 e. The molecule has 0 aliphatic rings. The average molecular weight is 292 g/mol. The van der Waals surface area contributed by atoms with Gasteiger partial charge in [0.2, 0.25) is 0 Å². The van der Waals surface area contributed by atoms with Crippen molar-refractivity contribution in [3.05, 3.63) is 71.2 Å². The van der Waals surface area contributed by atoms with Crippen LogP contribution in [0.5, 0.6) is 0 Å². The fraction of sp³-hybridized carbons (Fsp3) is 0.111. The maximum absolute atomic E-state index is 12.0. The molecule has 0 unspecified atom stereocenters. The number of hydrogen-bond donors (Lipinski definition) is 1. The molecule has 2 aromatic carbocycles. The Kier molecular flexibility index (Phi) is 3.74. The molecule has 1 amide bonds. The number of aryl methyl sites for hydroxylation is 2. The maximum atomic E-state index is 12.0. The molecule has 0 aliphatic heterocycles. The molecule has 0 saturated heterocycles. The van der Waals surface area contributed by atoms with Gasteiger partial charge in [-0.1, -0.05) is 42.5 Å². The largest absolute Gasteiger partial charge is 0.466 e. The number of hydrogen-bond acceptors (Lipinski definition) is 3. The van der Waals surface area contributed by atoms with Crippen LogP contribution < -0.4 is 5.43 Å². The molecule has 110 valence electrons. The third-order valence-electron chi connectivity index (χ3n) is 3.48. The molecule has 0 bridgehead atoms. The van der Waals surface area contributed by atoms with Gasteiger partial charge in [-0.2, -0.15) is 5.10 Å². The summed E-state index contributed by atoms with van der Waals surface area (Å²) in [5.41, 5.74) is 4.00. The number of fused-ring (bicyclic) bond motifs is 1. The Balaban J connectivity index is 1.79. The third kappa shape index (κ3) is 2.76. The molecule has 1 aromatic heterocycles. The molecular weight excluding hydrogens is 276 g/mol. The predicted octanol–water partition coefficient (Wildman–Crippen LogP) is 3.81. The first kappa shape index (κ1) is 14.1. The fourth-order valence-corrected chi connectivity index (χ4v) is 2.44. The second-order valence-corrected chi connectivity index (χ2v) is 5.09. The summed E-state index contributed by atoms with van der Waals surface area (Å²) in [4.78, 5) is 12.0. The molecule has 0 fully saturated rings. The lowest BCUT2D eigenvalue weighted by Gasteiger charge is -2.01. The molecule has 1 N–H and O–H groups in total. The van der Waals surface area contributed by atoms with Crippen LogP contribution in [0.2, 0.25) is 0 Å². The van der Waals surface area contributed by atoms with E-state index in [1.165, 1.54) is 0 Å². The minimum Gasteiger partial charge on any atom is -0.466 e. The molecule has 0 spiro atoms. The second-order valence-electron chi connectivity index (χ2n) is 5.09. The Bertz CT molecular complexity index is 857. The first-order valence-corrected chi connectivity index (χ1v) is 7.03. The summed E-state index contributed by atoms with van der Waals surface area (Å²) in [6, 6.07) is 15.7. The lowest BCUT2D eigenvalue weighted by molar-refractivity contribution is 0.0953. The summed E-state index contributed by atoms with van der Waals surface area (Å²) >= 11 is 0. The second kappa shape index (κ2) is 5.85. The van der Waals surface area contributed by atoms with E-state index in [1.807, 2.05) is 49.4 Å². The summed E-state index contributed by atoms with van der Waals surface area (Å²) in [7, 11) is 0. The van der Waals surface area contributed by atoms with E-state index < -0.39 is 0 Å². The number of rotatable bonds is 3. The molecule has 3 aromatic rings. The van der Waals surface area contributed by atoms with Gasteiger partial charge in [0.05, 0.1) is 11.8 Å². The quantitative estimate of drug-likeness (QED) is 0.589. The number of carbonyl (C=O) groups excluding carboxylic acids is 1. The Labute approximate surface area is 128 Å². The number of nitrogens with one attached hydrogen (secondary N) is 1. The van der Waals surface area contributed by atoms with Crippen LogP contribution in [0.4, 0.5) is 0 Å². The number of hydrazone groups is 1. The molecule has 0 saturated carbocycles. The van der Waals surface area contributed by atoms with Gasteiger partial charge < -0.3 is 4.42 Å². The monoisotopic (exact) mass is 292 g/mol. The average Bonchev–Trinajstić information content (AvgIpc) is 2.86. The molecule has 22 heavy (non-hydrogen) atoms. The molecule has 0 radical (unpaired) electrons. The lowest BCUT2D eigenvalue weighted by atomic mass is 10.1. The summed E-state index contributed by atoms with van der Waals surface area (Å²) in [6.07, 6.45) is 1.66. The van der Waals surface area contributed by atoms with Crippen molar-refractivity contribution in [2.24, 2.45) is 5.10 Å². The van der Waals surface area contributed by atoms with Crippen molar-refractivity contribution in [2.45, 2.75) is 13.8 Å². The van der Waals surface area contributed by atoms with Crippen LogP contribution in [-0.4, -0.2) is 12.1 Å². The van der Waals surface area contributed by atoms with Crippen LogP contribution in [0, 0.1) is 13.8 Å². The number of benzene rings is 2. The zero-order chi connectivity index (χ0) is 15.5. The number of nitrogens with zero attached hydrogens (tertiary/aromatic N) is 1. The molecule has 0 atom stereocenters. The molecule has 1 heterocycles. The lowest BCUT2D eigenvalue weighted by Crippen LogP contribution is -2.17. The first-order valence-electron chi connectivity index (χ1n) is 7.03. The van der Waals surface area contributed by atoms with Crippen LogP contribution >= 0.6 is 0 Å². The molecule has 3 rings (SSSR count). The minimum atomic E-state index is -0.272. The Hall–Kier alpha value is -2.88. The van der Waals surface area contributed by atoms with Gasteiger partial charge in [0, 0.05) is 5.56 Å². The van der Waals surface area contributed by atoms with Crippen LogP contribution in [0.3, 0.4) is 0 Å². The highest BCUT2D eigenvalue weighted by Crippen LogP contribution is 2.17. The van der Waals surface area contributed by atoms with E-state index in [4.69, 9.17) is 4.42 Å². The Morgan fingerprint density at radius 2 is 1.91 bits per heavy atom. The zero-order valence-corrected chi connectivity index (χ0v) is 12.5. The van der Waals surface area contributed by atoms with Gasteiger partial charge in [0.15, 0.2) is 0 Å². The predicted molar refractivity (Wildman–Crippen MR) is 87.2 cm³/mol. The van der Waals surface area contributed by atoms with Crippen LogP contribution in [-0.2, 0) is 0 Å². The van der Waals surface area contributed by atoms with E-state index in [0.29, 0.717) is 17.1 Å². The van der Waals surface area contributed by atoms with E-state index in [0.717, 1.165) is 16.3 Å². The number of carbonyl (C=O) groups is 1. The topological polar surface area (TPSA) is 54.6 Å². The summed E-state index contributed by atoms with van der Waals surface area (Å²) in [6.45, 7) is 3.57. The van der Waals surface area contributed by atoms with Gasteiger partial charge in [-0.05, 0) is 30.7 Å². The summed E-state index contributed by atoms with van der Waals surface area (Å²) < 4.78 is 5.35. The highest BCUT2D eigenvalue weighted by Gasteiger charge is 2.12. The van der Waals surface area contributed by atoms with Gasteiger partial charge in [0.1, 0.15) is 11.5 Å². The fourth-order valence-electron chi connectivity index (χ4n) is 2.44. The molecule has 0 aliphatic carbocycles. The van der Waals surface area contributed by atoms with Crippen molar-refractivity contribution < 1.29 is 9.21 Å². The Morgan fingerprint density at radius 1 is 1.14 bits per heavy atom. The van der Waals surface area contributed by atoms with Crippen molar-refractivity contribution in [3.63, 3.8) is 0 Å². The van der Waals surface area contributed by atoms with Crippen molar-refractivity contribution in [2.75, 3.05) is 0 Å². The Morgan fingerprint density at radius 3 is 2.68 bits per heavy atom. The van der Waals surface area contributed by atoms with Gasteiger partial charge in [-0.15, -0.1) is 0 Å². The van der Waals surface area contributed by atoms with E-state index in [9.17, 15) is 4.79 Å². The first-order chi connectivity index (χ1) is 10.6. The minimum absolute atomic E-state index is 0.272. The van der Waals surface area contributed by atoms with Crippen LogP contribution in [0.15, 0.2) is 58.0 Å². The highest BCUT2D eigenvalue weighted by atomic mass is 16.3.